The number of carbonyl (C=O) groups is 1. The number of piperazine rings is 1. The number of rotatable bonds is 8. The van der Waals surface area contributed by atoms with Gasteiger partial charge in [0.15, 0.2) is 0 Å². The van der Waals surface area contributed by atoms with Crippen LogP contribution in [0.3, 0.4) is 0 Å². The van der Waals surface area contributed by atoms with Crippen molar-refractivity contribution in [3.8, 4) is 5.75 Å². The molecule has 2 fully saturated rings. The first-order chi connectivity index (χ1) is 14.0. The molecule has 29 heavy (non-hydrogen) atoms. The van der Waals surface area contributed by atoms with Gasteiger partial charge in [0.1, 0.15) is 5.75 Å². The monoisotopic (exact) mass is 401 g/mol. The van der Waals surface area contributed by atoms with Crippen molar-refractivity contribution in [3.63, 3.8) is 0 Å². The summed E-state index contributed by atoms with van der Waals surface area (Å²) < 4.78 is 5.21. The third-order valence-electron chi connectivity index (χ3n) is 6.30. The molecule has 0 unspecified atom stereocenters. The van der Waals surface area contributed by atoms with E-state index >= 15 is 0 Å². The standard InChI is InChI=1S/C23H35N3O3/c1-24-14-16-26(17-15-24)22-11-13-25(18-20(22)7-10-23(27)28)12-3-4-19-5-8-21(29-2)9-6-19/h3-6,8-9,20,22H,7,10-18H2,1-2H3,(H,27,28)/b4-3+/t20-,22+/m0/s1. The van der Waals surface area contributed by atoms with Crippen LogP contribution in [0, 0.1) is 5.92 Å². The van der Waals surface area contributed by atoms with Crippen LogP contribution in [0.2, 0.25) is 0 Å². The summed E-state index contributed by atoms with van der Waals surface area (Å²) in [7, 11) is 3.86. The number of hydrogen-bond donors (Lipinski definition) is 1. The Bertz CT molecular complexity index is 668. The summed E-state index contributed by atoms with van der Waals surface area (Å²) in [6.45, 7) is 7.38. The number of benzene rings is 1. The van der Waals surface area contributed by atoms with Gasteiger partial charge in [0.2, 0.25) is 0 Å². The Morgan fingerprint density at radius 2 is 1.90 bits per heavy atom. The molecule has 0 amide bonds. The van der Waals surface area contributed by atoms with Crippen molar-refractivity contribution in [2.75, 3.05) is 60.0 Å². The molecular weight excluding hydrogens is 366 g/mol. The van der Waals surface area contributed by atoms with E-state index in [1.165, 1.54) is 5.56 Å². The SMILES string of the molecule is COc1ccc(/C=C/CN2CC[C@@H](N3CCN(C)CC3)[C@@H](CCC(=O)O)C2)cc1. The van der Waals surface area contributed by atoms with E-state index in [0.717, 1.165) is 64.4 Å². The summed E-state index contributed by atoms with van der Waals surface area (Å²) in [5.41, 5.74) is 1.17. The number of methoxy groups -OCH3 is 1. The lowest BCUT2D eigenvalue weighted by Gasteiger charge is -2.46. The molecule has 0 bridgehead atoms. The minimum Gasteiger partial charge on any atom is -0.497 e. The molecule has 0 radical (unpaired) electrons. The maximum absolute atomic E-state index is 11.2. The summed E-state index contributed by atoms with van der Waals surface area (Å²) in [5, 5.41) is 9.19. The van der Waals surface area contributed by atoms with Gasteiger partial charge in [-0.05, 0) is 50.0 Å². The molecule has 0 aromatic heterocycles. The van der Waals surface area contributed by atoms with Crippen LogP contribution < -0.4 is 4.74 Å². The van der Waals surface area contributed by atoms with Crippen LogP contribution in [0.4, 0.5) is 0 Å². The lowest BCUT2D eigenvalue weighted by Crippen LogP contribution is -2.56. The minimum atomic E-state index is -0.682. The highest BCUT2D eigenvalue weighted by Gasteiger charge is 2.34. The molecule has 160 valence electrons. The summed E-state index contributed by atoms with van der Waals surface area (Å²) in [6.07, 6.45) is 6.53. The maximum atomic E-state index is 11.2. The van der Waals surface area contributed by atoms with E-state index in [1.54, 1.807) is 7.11 Å². The highest BCUT2D eigenvalue weighted by Crippen LogP contribution is 2.27. The fraction of sp³-hybridized carbons (Fsp3) is 0.609. The molecule has 0 aliphatic carbocycles. The first kappa shape index (κ1) is 21.8. The Labute approximate surface area is 174 Å². The molecule has 2 atom stereocenters. The van der Waals surface area contributed by atoms with Crippen molar-refractivity contribution >= 4 is 12.0 Å². The van der Waals surface area contributed by atoms with Crippen LogP contribution >= 0.6 is 0 Å². The third-order valence-corrected chi connectivity index (χ3v) is 6.30. The Morgan fingerprint density at radius 3 is 2.55 bits per heavy atom. The average Bonchev–Trinajstić information content (AvgIpc) is 2.73. The Hall–Kier alpha value is -1.89. The summed E-state index contributed by atoms with van der Waals surface area (Å²) in [4.78, 5) is 18.6. The largest absolute Gasteiger partial charge is 0.497 e. The number of carboxylic acid groups (broad SMARTS) is 1. The highest BCUT2D eigenvalue weighted by molar-refractivity contribution is 5.66. The predicted octanol–water partition coefficient (Wildman–Crippen LogP) is 2.51. The molecule has 1 aromatic carbocycles. The zero-order valence-corrected chi connectivity index (χ0v) is 17.8. The number of aliphatic carboxylic acids is 1. The van der Waals surface area contributed by atoms with E-state index in [-0.39, 0.29) is 6.42 Å². The molecule has 0 spiro atoms. The van der Waals surface area contributed by atoms with Gasteiger partial charge in [0, 0.05) is 51.7 Å². The first-order valence-electron chi connectivity index (χ1n) is 10.7. The fourth-order valence-corrected chi connectivity index (χ4v) is 4.54. The Balaban J connectivity index is 1.55. The van der Waals surface area contributed by atoms with E-state index in [4.69, 9.17) is 4.74 Å². The topological polar surface area (TPSA) is 56.2 Å². The molecule has 1 N–H and O–H groups in total. The average molecular weight is 402 g/mol. The van der Waals surface area contributed by atoms with E-state index in [1.807, 2.05) is 12.1 Å². The smallest absolute Gasteiger partial charge is 0.303 e. The van der Waals surface area contributed by atoms with Gasteiger partial charge in [-0.15, -0.1) is 0 Å². The Morgan fingerprint density at radius 1 is 1.17 bits per heavy atom. The number of nitrogens with zero attached hydrogens (tertiary/aromatic N) is 3. The van der Waals surface area contributed by atoms with Gasteiger partial charge in [0.25, 0.3) is 0 Å². The van der Waals surface area contributed by atoms with Crippen molar-refractivity contribution < 1.29 is 14.6 Å². The molecule has 3 rings (SSSR count). The predicted molar refractivity (Wildman–Crippen MR) is 116 cm³/mol. The second-order valence-corrected chi connectivity index (χ2v) is 8.32. The molecule has 1 aromatic rings. The van der Waals surface area contributed by atoms with Crippen molar-refractivity contribution in [1.82, 2.24) is 14.7 Å². The van der Waals surface area contributed by atoms with Gasteiger partial charge >= 0.3 is 5.97 Å². The molecule has 0 saturated carbocycles. The number of likely N-dealkylation sites (tertiary alicyclic amines) is 1. The molecule has 2 heterocycles. The summed E-state index contributed by atoms with van der Waals surface area (Å²) in [6, 6.07) is 8.59. The van der Waals surface area contributed by atoms with Crippen LogP contribution in [-0.4, -0.2) is 91.8 Å². The molecule has 6 heteroatoms. The van der Waals surface area contributed by atoms with Gasteiger partial charge in [-0.25, -0.2) is 0 Å². The third kappa shape index (κ3) is 6.56. The fourth-order valence-electron chi connectivity index (χ4n) is 4.54. The number of likely N-dealkylation sites (N-methyl/N-ethyl adjacent to an activating group) is 1. The van der Waals surface area contributed by atoms with E-state index in [0.29, 0.717) is 12.0 Å². The van der Waals surface area contributed by atoms with Gasteiger partial charge in [-0.3, -0.25) is 14.6 Å². The van der Waals surface area contributed by atoms with Gasteiger partial charge in [-0.2, -0.15) is 0 Å². The van der Waals surface area contributed by atoms with Crippen LogP contribution in [-0.2, 0) is 4.79 Å². The normalized spacial score (nSPS) is 24.8. The summed E-state index contributed by atoms with van der Waals surface area (Å²) in [5.74, 6) is 0.616. The second kappa shape index (κ2) is 10.8. The molecular formula is C23H35N3O3. The van der Waals surface area contributed by atoms with Crippen LogP contribution in [0.25, 0.3) is 6.08 Å². The molecule has 2 saturated heterocycles. The van der Waals surface area contributed by atoms with E-state index in [2.05, 4.69) is 46.0 Å². The van der Waals surface area contributed by atoms with Crippen molar-refractivity contribution in [1.29, 1.82) is 0 Å². The maximum Gasteiger partial charge on any atom is 0.303 e. The zero-order valence-electron chi connectivity index (χ0n) is 17.8. The lowest BCUT2D eigenvalue weighted by atomic mass is 9.86. The molecule has 2 aliphatic rings. The number of piperidine rings is 1. The number of hydrogen-bond acceptors (Lipinski definition) is 5. The number of carboxylic acids is 1. The zero-order chi connectivity index (χ0) is 20.6. The second-order valence-electron chi connectivity index (χ2n) is 8.32. The van der Waals surface area contributed by atoms with Gasteiger partial charge in [0.05, 0.1) is 7.11 Å². The first-order valence-corrected chi connectivity index (χ1v) is 10.7. The lowest BCUT2D eigenvalue weighted by molar-refractivity contribution is -0.137. The molecule has 2 aliphatic heterocycles. The highest BCUT2D eigenvalue weighted by atomic mass is 16.5. The van der Waals surface area contributed by atoms with Crippen LogP contribution in [0.1, 0.15) is 24.8 Å². The van der Waals surface area contributed by atoms with Gasteiger partial charge < -0.3 is 14.7 Å². The Kier molecular flexibility index (Phi) is 8.09. The van der Waals surface area contributed by atoms with E-state index < -0.39 is 5.97 Å². The molecule has 6 nitrogen and oxygen atoms in total. The summed E-state index contributed by atoms with van der Waals surface area (Å²) >= 11 is 0. The minimum absolute atomic E-state index is 0.268. The van der Waals surface area contributed by atoms with Crippen molar-refractivity contribution in [2.45, 2.75) is 25.3 Å². The van der Waals surface area contributed by atoms with Crippen LogP contribution in [0.15, 0.2) is 30.3 Å². The van der Waals surface area contributed by atoms with Crippen molar-refractivity contribution in [2.24, 2.45) is 5.92 Å². The van der Waals surface area contributed by atoms with Crippen LogP contribution in [0.5, 0.6) is 5.75 Å². The quantitative estimate of drug-likeness (QED) is 0.722. The van der Waals surface area contributed by atoms with Crippen molar-refractivity contribution in [3.05, 3.63) is 35.9 Å². The van der Waals surface area contributed by atoms with Gasteiger partial charge in [-0.1, -0.05) is 24.3 Å². The number of ether oxygens (including phenoxy) is 1. The van der Waals surface area contributed by atoms with E-state index in [9.17, 15) is 9.90 Å².